The number of aryl methyl sites for hydroxylation is 1. The summed E-state index contributed by atoms with van der Waals surface area (Å²) in [5.74, 6) is 0.169. The Morgan fingerprint density at radius 2 is 2.17 bits per heavy atom. The average Bonchev–Trinajstić information content (AvgIpc) is 2.86. The molecule has 1 amide bonds. The first-order valence-corrected chi connectivity index (χ1v) is 9.76. The van der Waals surface area contributed by atoms with Gasteiger partial charge >= 0.3 is 0 Å². The number of thioether (sulfide) groups is 1. The van der Waals surface area contributed by atoms with Crippen molar-refractivity contribution < 1.29 is 13.2 Å². The molecular weight excluding hydrogens is 336 g/mol. The van der Waals surface area contributed by atoms with Crippen molar-refractivity contribution in [2.24, 2.45) is 5.14 Å². The number of nitrogens with one attached hydrogen (secondary N) is 1. The lowest BCUT2D eigenvalue weighted by molar-refractivity contribution is -0.118. The highest BCUT2D eigenvalue weighted by Gasteiger charge is 2.15. The minimum Gasteiger partial charge on any atom is -0.358 e. The van der Waals surface area contributed by atoms with E-state index >= 15 is 0 Å². The van der Waals surface area contributed by atoms with Crippen LogP contribution < -0.4 is 10.5 Å². The molecule has 0 saturated carbocycles. The Balaban J connectivity index is 2.44. The Morgan fingerprint density at radius 1 is 1.43 bits per heavy atom. The predicted molar refractivity (Wildman–Crippen MR) is 90.8 cm³/mol. The van der Waals surface area contributed by atoms with E-state index in [0.29, 0.717) is 10.7 Å². The van der Waals surface area contributed by atoms with Gasteiger partial charge in [0.25, 0.3) is 0 Å². The molecule has 126 valence electrons. The van der Waals surface area contributed by atoms with E-state index in [0.717, 1.165) is 24.9 Å². The number of nitrogens with two attached hydrogens (primary N) is 1. The van der Waals surface area contributed by atoms with Gasteiger partial charge in [0, 0.05) is 13.6 Å². The van der Waals surface area contributed by atoms with E-state index in [1.165, 1.54) is 23.9 Å². The lowest BCUT2D eigenvalue weighted by Gasteiger charge is -2.08. The molecule has 0 fully saturated rings. The Hall–Kier alpha value is -1.58. The second-order valence-corrected chi connectivity index (χ2v) is 7.56. The van der Waals surface area contributed by atoms with Crippen LogP contribution in [0.2, 0.25) is 0 Å². The molecule has 7 nitrogen and oxygen atoms in total. The molecule has 0 aliphatic heterocycles. The molecule has 23 heavy (non-hydrogen) atoms. The number of carbonyl (C=O) groups is 1. The standard InChI is InChI=1S/C14H20N4O3S2/c1-3-4-7-18-12-6-5-10(23(15,20)21)8-11(12)17-14(18)22-9-13(19)16-2/h5-6,8H,3-4,7,9H2,1-2H3,(H,16,19)(H2,15,20,21). The number of carbonyl (C=O) groups excluding carboxylic acids is 1. The average molecular weight is 356 g/mol. The molecule has 0 radical (unpaired) electrons. The molecule has 1 heterocycles. The topological polar surface area (TPSA) is 107 Å². The normalized spacial score (nSPS) is 11.8. The lowest BCUT2D eigenvalue weighted by atomic mass is 10.3. The third kappa shape index (κ3) is 4.24. The number of hydrogen-bond donors (Lipinski definition) is 2. The number of unbranched alkanes of at least 4 members (excludes halogenated alkanes) is 1. The molecule has 0 bridgehead atoms. The Kier molecular flexibility index (Phi) is 5.66. The first kappa shape index (κ1) is 17.8. The van der Waals surface area contributed by atoms with E-state index in [1.54, 1.807) is 13.1 Å². The van der Waals surface area contributed by atoms with Crippen LogP contribution in [0.4, 0.5) is 0 Å². The van der Waals surface area contributed by atoms with Crippen LogP contribution in [0.25, 0.3) is 11.0 Å². The van der Waals surface area contributed by atoms with E-state index in [2.05, 4.69) is 17.2 Å². The SMILES string of the molecule is CCCCn1c(SCC(=O)NC)nc2cc(S(N)(=O)=O)ccc21. The second kappa shape index (κ2) is 7.33. The molecule has 9 heteroatoms. The van der Waals surface area contributed by atoms with Gasteiger partial charge in [-0.3, -0.25) is 4.79 Å². The zero-order chi connectivity index (χ0) is 17.0. The number of primary sulfonamides is 1. The Morgan fingerprint density at radius 3 is 2.78 bits per heavy atom. The minimum absolute atomic E-state index is 0.0352. The molecule has 3 N–H and O–H groups in total. The van der Waals surface area contributed by atoms with Gasteiger partial charge in [0.05, 0.1) is 21.7 Å². The minimum atomic E-state index is -3.76. The summed E-state index contributed by atoms with van der Waals surface area (Å²) in [6, 6.07) is 4.66. The third-order valence-electron chi connectivity index (χ3n) is 3.36. The van der Waals surface area contributed by atoms with Crippen LogP contribution in [-0.2, 0) is 21.4 Å². The fraction of sp³-hybridized carbons (Fsp3) is 0.429. The summed E-state index contributed by atoms with van der Waals surface area (Å²) in [5.41, 5.74) is 1.40. The van der Waals surface area contributed by atoms with E-state index < -0.39 is 10.0 Å². The van der Waals surface area contributed by atoms with Crippen molar-refractivity contribution >= 4 is 38.7 Å². The predicted octanol–water partition coefficient (Wildman–Crippen LogP) is 1.32. The quantitative estimate of drug-likeness (QED) is 0.728. The van der Waals surface area contributed by atoms with Gasteiger partial charge in [0.1, 0.15) is 0 Å². The fourth-order valence-electron chi connectivity index (χ4n) is 2.11. The highest BCUT2D eigenvalue weighted by Crippen LogP contribution is 2.26. The summed E-state index contributed by atoms with van der Waals surface area (Å²) in [5, 5.41) is 8.43. The fourth-order valence-corrected chi connectivity index (χ4v) is 3.56. The van der Waals surface area contributed by atoms with Crippen LogP contribution >= 0.6 is 11.8 Å². The molecule has 1 aromatic carbocycles. The lowest BCUT2D eigenvalue weighted by Crippen LogP contribution is -2.20. The number of sulfonamides is 1. The van der Waals surface area contributed by atoms with Gasteiger partial charge < -0.3 is 9.88 Å². The molecule has 2 aromatic rings. The van der Waals surface area contributed by atoms with Gasteiger partial charge in [-0.1, -0.05) is 25.1 Å². The molecule has 0 spiro atoms. The zero-order valence-corrected chi connectivity index (χ0v) is 14.7. The van der Waals surface area contributed by atoms with Gasteiger partial charge in [-0.2, -0.15) is 0 Å². The van der Waals surface area contributed by atoms with Crippen LogP contribution in [0.5, 0.6) is 0 Å². The van der Waals surface area contributed by atoms with Gasteiger partial charge in [0.15, 0.2) is 5.16 Å². The van der Waals surface area contributed by atoms with Crippen molar-refractivity contribution in [3.8, 4) is 0 Å². The molecule has 2 rings (SSSR count). The maximum atomic E-state index is 11.5. The molecule has 0 aliphatic carbocycles. The number of benzene rings is 1. The van der Waals surface area contributed by atoms with Crippen molar-refractivity contribution in [1.82, 2.24) is 14.9 Å². The molecule has 0 unspecified atom stereocenters. The number of amides is 1. The van der Waals surface area contributed by atoms with Crippen LogP contribution in [0.1, 0.15) is 19.8 Å². The first-order valence-electron chi connectivity index (χ1n) is 7.23. The zero-order valence-electron chi connectivity index (χ0n) is 13.1. The largest absolute Gasteiger partial charge is 0.358 e. The number of fused-ring (bicyclic) bond motifs is 1. The number of nitrogens with zero attached hydrogens (tertiary/aromatic N) is 2. The van der Waals surface area contributed by atoms with Crippen molar-refractivity contribution in [1.29, 1.82) is 0 Å². The van der Waals surface area contributed by atoms with Crippen LogP contribution in [0.3, 0.4) is 0 Å². The maximum absolute atomic E-state index is 11.5. The van der Waals surface area contributed by atoms with Crippen molar-refractivity contribution in [3.63, 3.8) is 0 Å². The Labute approximate surface area is 139 Å². The second-order valence-electron chi connectivity index (χ2n) is 5.06. The van der Waals surface area contributed by atoms with Gasteiger partial charge in [-0.15, -0.1) is 0 Å². The molecule has 0 aliphatic rings. The maximum Gasteiger partial charge on any atom is 0.238 e. The highest BCUT2D eigenvalue weighted by molar-refractivity contribution is 7.99. The summed E-state index contributed by atoms with van der Waals surface area (Å²) in [4.78, 5) is 16.0. The van der Waals surface area contributed by atoms with Crippen molar-refractivity contribution in [2.45, 2.75) is 36.4 Å². The molecule has 0 saturated heterocycles. The molecule has 0 atom stereocenters. The van der Waals surface area contributed by atoms with E-state index in [4.69, 9.17) is 5.14 Å². The van der Waals surface area contributed by atoms with Crippen molar-refractivity contribution in [2.75, 3.05) is 12.8 Å². The van der Waals surface area contributed by atoms with E-state index in [9.17, 15) is 13.2 Å². The van der Waals surface area contributed by atoms with Gasteiger partial charge in [0.2, 0.25) is 15.9 Å². The van der Waals surface area contributed by atoms with Crippen LogP contribution in [0.15, 0.2) is 28.3 Å². The smallest absolute Gasteiger partial charge is 0.238 e. The Bertz CT molecular complexity index is 815. The summed E-state index contributed by atoms with van der Waals surface area (Å²) >= 11 is 1.33. The molecule has 1 aromatic heterocycles. The van der Waals surface area contributed by atoms with E-state index in [-0.39, 0.29) is 16.6 Å². The van der Waals surface area contributed by atoms with E-state index in [1.807, 2.05) is 4.57 Å². The number of imidazole rings is 1. The molecular formula is C14H20N4O3S2. The van der Waals surface area contributed by atoms with Gasteiger partial charge in [-0.25, -0.2) is 18.5 Å². The monoisotopic (exact) mass is 356 g/mol. The first-order chi connectivity index (χ1) is 10.9. The summed E-state index contributed by atoms with van der Waals surface area (Å²) < 4.78 is 25.0. The summed E-state index contributed by atoms with van der Waals surface area (Å²) in [6.45, 7) is 2.85. The van der Waals surface area contributed by atoms with Crippen LogP contribution in [0, 0.1) is 0 Å². The van der Waals surface area contributed by atoms with Gasteiger partial charge in [-0.05, 0) is 24.6 Å². The summed E-state index contributed by atoms with van der Waals surface area (Å²) in [6.07, 6.45) is 1.99. The number of aromatic nitrogens is 2. The van der Waals surface area contributed by atoms with Crippen molar-refractivity contribution in [3.05, 3.63) is 18.2 Å². The third-order valence-corrected chi connectivity index (χ3v) is 5.25. The number of rotatable bonds is 7. The highest BCUT2D eigenvalue weighted by atomic mass is 32.2. The van der Waals surface area contributed by atoms with Crippen LogP contribution in [-0.4, -0.2) is 36.7 Å². The number of hydrogen-bond acceptors (Lipinski definition) is 5. The summed E-state index contributed by atoms with van der Waals surface area (Å²) in [7, 11) is -2.18.